The molecule has 22 heavy (non-hydrogen) atoms. The van der Waals surface area contributed by atoms with Crippen LogP contribution in [0.2, 0.25) is 0 Å². The van der Waals surface area contributed by atoms with E-state index in [1.807, 2.05) is 13.8 Å². The van der Waals surface area contributed by atoms with Gasteiger partial charge < -0.3 is 9.64 Å². The van der Waals surface area contributed by atoms with Crippen molar-refractivity contribution in [1.29, 1.82) is 0 Å². The lowest BCUT2D eigenvalue weighted by atomic mass is 10.1. The highest BCUT2D eigenvalue weighted by Crippen LogP contribution is 2.20. The Morgan fingerprint density at radius 3 is 2.77 bits per heavy atom. The summed E-state index contributed by atoms with van der Waals surface area (Å²) in [5.74, 6) is -0.134. The summed E-state index contributed by atoms with van der Waals surface area (Å²) >= 11 is 0. The number of hydrogen-bond acceptors (Lipinski definition) is 4. The summed E-state index contributed by atoms with van der Waals surface area (Å²) in [6.45, 7) is 5.65. The Morgan fingerprint density at radius 1 is 1.41 bits per heavy atom. The summed E-state index contributed by atoms with van der Waals surface area (Å²) in [6.07, 6.45) is 2.58. The van der Waals surface area contributed by atoms with Crippen LogP contribution in [0.4, 0.5) is 0 Å². The number of aryl methyl sites for hydroxylation is 1. The predicted octanol–water partition coefficient (Wildman–Crippen LogP) is 1.90. The first-order chi connectivity index (χ1) is 10.3. The van der Waals surface area contributed by atoms with Crippen molar-refractivity contribution in [1.82, 2.24) is 4.90 Å². The third kappa shape index (κ3) is 3.87. The van der Waals surface area contributed by atoms with Crippen molar-refractivity contribution in [3.05, 3.63) is 29.3 Å². The molecule has 0 aromatic heterocycles. The van der Waals surface area contributed by atoms with Gasteiger partial charge in [-0.25, -0.2) is 8.42 Å². The second-order valence-corrected chi connectivity index (χ2v) is 7.72. The van der Waals surface area contributed by atoms with E-state index in [0.29, 0.717) is 31.7 Å². The van der Waals surface area contributed by atoms with Gasteiger partial charge in [-0.1, -0.05) is 13.0 Å². The molecule has 1 atom stereocenters. The van der Waals surface area contributed by atoms with E-state index >= 15 is 0 Å². The Labute approximate surface area is 132 Å². The molecule has 0 spiro atoms. The first-order valence-corrected chi connectivity index (χ1v) is 9.46. The summed E-state index contributed by atoms with van der Waals surface area (Å²) in [5.41, 5.74) is 1.17. The molecule has 1 aromatic carbocycles. The Morgan fingerprint density at radius 2 is 2.14 bits per heavy atom. The first kappa shape index (κ1) is 17.0. The van der Waals surface area contributed by atoms with Crippen molar-refractivity contribution < 1.29 is 17.9 Å². The van der Waals surface area contributed by atoms with Crippen LogP contribution in [0.5, 0.6) is 0 Å². The summed E-state index contributed by atoms with van der Waals surface area (Å²) in [6, 6.07) is 4.96. The third-order valence-electron chi connectivity index (χ3n) is 3.83. The lowest BCUT2D eigenvalue weighted by molar-refractivity contribution is 0.0562. The molecule has 1 heterocycles. The van der Waals surface area contributed by atoms with Gasteiger partial charge in [-0.2, -0.15) is 0 Å². The Hall–Kier alpha value is -1.40. The van der Waals surface area contributed by atoms with E-state index in [1.165, 1.54) is 12.3 Å². The molecular weight excluding hydrogens is 302 g/mol. The van der Waals surface area contributed by atoms with Crippen molar-refractivity contribution in [3.8, 4) is 0 Å². The molecule has 1 aliphatic rings. The zero-order chi connectivity index (χ0) is 16.3. The number of benzene rings is 1. The van der Waals surface area contributed by atoms with Crippen LogP contribution in [0.25, 0.3) is 0 Å². The minimum atomic E-state index is -3.35. The Kier molecular flexibility index (Phi) is 5.24. The van der Waals surface area contributed by atoms with Crippen molar-refractivity contribution in [2.45, 2.75) is 37.7 Å². The van der Waals surface area contributed by atoms with Gasteiger partial charge in [0.1, 0.15) is 0 Å². The highest BCUT2D eigenvalue weighted by Gasteiger charge is 2.23. The number of ether oxygens (including phenoxy) is 1. The van der Waals surface area contributed by atoms with E-state index in [4.69, 9.17) is 4.74 Å². The lowest BCUT2D eigenvalue weighted by Gasteiger charge is -2.22. The molecule has 0 aliphatic carbocycles. The fourth-order valence-electron chi connectivity index (χ4n) is 2.69. The molecule has 1 amide bonds. The third-order valence-corrected chi connectivity index (χ3v) is 5.01. The molecule has 0 bridgehead atoms. The quantitative estimate of drug-likeness (QED) is 0.851. The van der Waals surface area contributed by atoms with Crippen LogP contribution in [0, 0.1) is 0 Å². The van der Waals surface area contributed by atoms with Crippen LogP contribution >= 0.6 is 0 Å². The van der Waals surface area contributed by atoms with Crippen LogP contribution in [0.3, 0.4) is 0 Å². The summed E-state index contributed by atoms with van der Waals surface area (Å²) in [4.78, 5) is 14.6. The monoisotopic (exact) mass is 325 g/mol. The number of rotatable bonds is 3. The average molecular weight is 325 g/mol. The number of hydrogen-bond donors (Lipinski definition) is 0. The van der Waals surface area contributed by atoms with Crippen molar-refractivity contribution in [3.63, 3.8) is 0 Å². The summed E-state index contributed by atoms with van der Waals surface area (Å²) in [7, 11) is -3.35. The van der Waals surface area contributed by atoms with Gasteiger partial charge in [0.2, 0.25) is 0 Å². The second kappa shape index (κ2) is 6.79. The summed E-state index contributed by atoms with van der Waals surface area (Å²) < 4.78 is 29.4. The second-order valence-electron chi connectivity index (χ2n) is 5.73. The molecule has 1 aromatic rings. The molecule has 1 fully saturated rings. The maximum absolute atomic E-state index is 12.7. The molecular formula is C16H23NO4S. The maximum Gasteiger partial charge on any atom is 0.253 e. The summed E-state index contributed by atoms with van der Waals surface area (Å²) in [5, 5.41) is 0. The molecule has 2 rings (SSSR count). The zero-order valence-electron chi connectivity index (χ0n) is 13.3. The van der Waals surface area contributed by atoms with E-state index in [0.717, 1.165) is 12.0 Å². The van der Waals surface area contributed by atoms with Crippen molar-refractivity contribution in [2.75, 3.05) is 26.0 Å². The largest absolute Gasteiger partial charge is 0.377 e. The van der Waals surface area contributed by atoms with Gasteiger partial charge in [0.15, 0.2) is 9.84 Å². The predicted molar refractivity (Wildman–Crippen MR) is 84.9 cm³/mol. The van der Waals surface area contributed by atoms with E-state index in [1.54, 1.807) is 17.0 Å². The molecule has 0 N–H and O–H groups in total. The van der Waals surface area contributed by atoms with Gasteiger partial charge in [0, 0.05) is 31.5 Å². The molecule has 1 saturated heterocycles. The fraction of sp³-hybridized carbons (Fsp3) is 0.562. The molecule has 122 valence electrons. The Balaban J connectivity index is 2.34. The van der Waals surface area contributed by atoms with Crippen LogP contribution in [-0.2, 0) is 21.0 Å². The van der Waals surface area contributed by atoms with Gasteiger partial charge in [-0.15, -0.1) is 0 Å². The highest BCUT2D eigenvalue weighted by molar-refractivity contribution is 7.90. The van der Waals surface area contributed by atoms with Crippen LogP contribution in [-0.4, -0.2) is 51.3 Å². The van der Waals surface area contributed by atoms with E-state index in [2.05, 4.69) is 0 Å². The van der Waals surface area contributed by atoms with Gasteiger partial charge in [-0.05, 0) is 37.5 Å². The highest BCUT2D eigenvalue weighted by atomic mass is 32.2. The van der Waals surface area contributed by atoms with Gasteiger partial charge in [0.25, 0.3) is 5.91 Å². The average Bonchev–Trinajstić information content (AvgIpc) is 2.69. The molecule has 0 radical (unpaired) electrons. The maximum atomic E-state index is 12.7. The number of carbonyl (C=O) groups excluding carboxylic acids is 1. The number of amides is 1. The smallest absolute Gasteiger partial charge is 0.253 e. The zero-order valence-corrected chi connectivity index (χ0v) is 14.1. The number of sulfone groups is 1. The number of carbonyl (C=O) groups is 1. The molecule has 1 unspecified atom stereocenters. The van der Waals surface area contributed by atoms with Gasteiger partial charge >= 0.3 is 0 Å². The van der Waals surface area contributed by atoms with Crippen LogP contribution in [0.1, 0.15) is 36.2 Å². The van der Waals surface area contributed by atoms with Crippen LogP contribution in [0.15, 0.2) is 23.1 Å². The lowest BCUT2D eigenvalue weighted by Crippen LogP contribution is -2.36. The van der Waals surface area contributed by atoms with E-state index < -0.39 is 9.84 Å². The first-order valence-electron chi connectivity index (χ1n) is 7.56. The standard InChI is InChI=1S/C16H23NO4S/c1-4-13-6-7-14(10-15(13)22(3,19)20)16(18)17-8-5-9-21-12(2)11-17/h6-7,10,12H,4-5,8-9,11H2,1-3H3. The minimum Gasteiger partial charge on any atom is -0.377 e. The van der Waals surface area contributed by atoms with Crippen LogP contribution < -0.4 is 0 Å². The van der Waals surface area contributed by atoms with E-state index in [9.17, 15) is 13.2 Å². The SMILES string of the molecule is CCc1ccc(C(=O)N2CCCOC(C)C2)cc1S(C)(=O)=O. The molecule has 6 heteroatoms. The normalized spacial score (nSPS) is 19.8. The Bertz CT molecular complexity index is 654. The van der Waals surface area contributed by atoms with Gasteiger partial charge in [0.05, 0.1) is 11.0 Å². The molecule has 0 saturated carbocycles. The fourth-order valence-corrected chi connectivity index (χ4v) is 3.72. The van der Waals surface area contributed by atoms with E-state index in [-0.39, 0.29) is 16.9 Å². The molecule has 1 aliphatic heterocycles. The van der Waals surface area contributed by atoms with Crippen molar-refractivity contribution in [2.24, 2.45) is 0 Å². The molecule has 5 nitrogen and oxygen atoms in total. The van der Waals surface area contributed by atoms with Gasteiger partial charge in [-0.3, -0.25) is 4.79 Å². The minimum absolute atomic E-state index is 0.00394. The number of nitrogens with zero attached hydrogens (tertiary/aromatic N) is 1. The topological polar surface area (TPSA) is 63.7 Å². The van der Waals surface area contributed by atoms with Crippen molar-refractivity contribution >= 4 is 15.7 Å².